The van der Waals surface area contributed by atoms with Crippen LogP contribution in [0.3, 0.4) is 0 Å². The molecule has 12 nitrogen and oxygen atoms in total. The Kier molecular flexibility index (Phi) is 25.8. The molecule has 2 aromatic rings. The number of rotatable bonds is 26. The number of hydrogen-bond donors (Lipinski definition) is 5. The highest BCUT2D eigenvalue weighted by molar-refractivity contribution is 5.92. The molecule has 0 heterocycles. The molecule has 0 bridgehead atoms. The number of carbonyl (C=O) groups is 6. The van der Waals surface area contributed by atoms with Crippen molar-refractivity contribution in [3.63, 3.8) is 0 Å². The number of esters is 1. The van der Waals surface area contributed by atoms with Crippen molar-refractivity contribution in [2.75, 3.05) is 0 Å². The quantitative estimate of drug-likeness (QED) is 0.0472. The maximum Gasteiger partial charge on any atom is 0.329 e. The molecule has 6 atom stereocenters. The molecule has 5 N–H and O–H groups in total. The van der Waals surface area contributed by atoms with Crippen LogP contribution in [0.4, 0.5) is 0 Å². The van der Waals surface area contributed by atoms with Crippen LogP contribution >= 0.6 is 0 Å². The summed E-state index contributed by atoms with van der Waals surface area (Å²) >= 11 is 0. The van der Waals surface area contributed by atoms with Crippen LogP contribution in [-0.4, -0.2) is 66.2 Å². The summed E-state index contributed by atoms with van der Waals surface area (Å²) < 4.78 is 5.34. The second-order valence-electron chi connectivity index (χ2n) is 19.9. The van der Waals surface area contributed by atoms with E-state index in [4.69, 9.17) is 4.74 Å². The van der Waals surface area contributed by atoms with Crippen molar-refractivity contribution < 1.29 is 33.5 Å². The van der Waals surface area contributed by atoms with Gasteiger partial charge in [0.2, 0.25) is 30.0 Å². The molecule has 0 aliphatic heterocycles. The Morgan fingerprint density at radius 3 is 1.62 bits per heavy atom. The molecule has 0 saturated heterocycles. The standard InChI is InChI=1S/C32H55N3O3.C19H28N2O4/c1-21(2)16-27(34-28(36)17-22(3)4)30(37)35-29(24(7)8)31(38)33-26(18-25-14-12-11-13-15-25)20-32(9,10)19-23(5)6;1-5-14(4)17(20-12-22)18(23)21-16(13(2)3)19(24)25-11-15-9-7-6-8-10-15/h11-15,21-24,26-27,29H,16-20H2,1-10H3,(H,33,38)(H,34,36)(H,35,37);6-10,12-14,16-17H,5,11H2,1-4H3,(H,20,22)(H,21,23)/t;14-,16?,17?/m.0/s1. The van der Waals surface area contributed by atoms with Gasteiger partial charge in [0.25, 0.3) is 0 Å². The Morgan fingerprint density at radius 1 is 0.619 bits per heavy atom. The van der Waals surface area contributed by atoms with Crippen molar-refractivity contribution in [2.24, 2.45) is 40.9 Å². The van der Waals surface area contributed by atoms with E-state index in [0.29, 0.717) is 25.2 Å². The van der Waals surface area contributed by atoms with Crippen molar-refractivity contribution in [1.82, 2.24) is 26.6 Å². The maximum atomic E-state index is 13.6. The molecule has 0 aromatic heterocycles. The monoisotopic (exact) mass is 878 g/mol. The van der Waals surface area contributed by atoms with Crippen LogP contribution in [0.5, 0.6) is 0 Å². The first-order valence-electron chi connectivity index (χ1n) is 23.1. The lowest BCUT2D eigenvalue weighted by molar-refractivity contribution is -0.150. The molecular formula is C51H83N5O7. The summed E-state index contributed by atoms with van der Waals surface area (Å²) in [5.74, 6) is -0.783. The van der Waals surface area contributed by atoms with Gasteiger partial charge in [-0.2, -0.15) is 0 Å². The van der Waals surface area contributed by atoms with Gasteiger partial charge in [0, 0.05) is 12.5 Å². The lowest BCUT2D eigenvalue weighted by atomic mass is 9.77. The minimum atomic E-state index is -0.767. The summed E-state index contributed by atoms with van der Waals surface area (Å²) in [6, 6.07) is 16.7. The molecular weight excluding hydrogens is 795 g/mol. The molecule has 5 unspecified atom stereocenters. The summed E-state index contributed by atoms with van der Waals surface area (Å²) in [4.78, 5) is 75.1. The van der Waals surface area contributed by atoms with Crippen LogP contribution in [0.1, 0.15) is 140 Å². The van der Waals surface area contributed by atoms with Crippen LogP contribution in [-0.2, 0) is 46.5 Å². The molecule has 0 saturated carbocycles. The number of ether oxygens (including phenoxy) is 1. The average molecular weight is 878 g/mol. The van der Waals surface area contributed by atoms with Gasteiger partial charge in [-0.15, -0.1) is 0 Å². The number of benzene rings is 2. The Labute approximate surface area is 380 Å². The highest BCUT2D eigenvalue weighted by Gasteiger charge is 2.33. The second-order valence-corrected chi connectivity index (χ2v) is 19.9. The number of hydrogen-bond acceptors (Lipinski definition) is 7. The smallest absolute Gasteiger partial charge is 0.329 e. The van der Waals surface area contributed by atoms with Crippen LogP contribution in [0.15, 0.2) is 60.7 Å². The molecule has 63 heavy (non-hydrogen) atoms. The summed E-state index contributed by atoms with van der Waals surface area (Å²) in [5.41, 5.74) is 2.11. The molecule has 0 spiro atoms. The third kappa shape index (κ3) is 23.0. The van der Waals surface area contributed by atoms with E-state index in [9.17, 15) is 28.8 Å². The molecule has 5 amide bonds. The molecule has 0 aliphatic carbocycles. The molecule has 0 radical (unpaired) electrons. The first-order valence-corrected chi connectivity index (χ1v) is 23.1. The van der Waals surface area contributed by atoms with Gasteiger partial charge in [0.15, 0.2) is 0 Å². The van der Waals surface area contributed by atoms with E-state index in [1.165, 1.54) is 5.56 Å². The maximum absolute atomic E-state index is 13.6. The van der Waals surface area contributed by atoms with E-state index in [0.717, 1.165) is 31.2 Å². The van der Waals surface area contributed by atoms with Crippen molar-refractivity contribution in [3.8, 4) is 0 Å². The Balaban J connectivity index is 0.000000686. The SMILES string of the molecule is CC(C)CC(=O)NC(CC(C)C)C(=O)NC(C(=O)NC(Cc1ccccc1)CC(C)(C)CC(C)C)C(C)C.CC[C@H](C)C(NC=O)C(=O)NC(C(=O)OCc1ccccc1)C(C)C. The Morgan fingerprint density at radius 2 is 1.14 bits per heavy atom. The van der Waals surface area contributed by atoms with Gasteiger partial charge in [-0.3, -0.25) is 24.0 Å². The Hall–Kier alpha value is -4.74. The first-order chi connectivity index (χ1) is 29.5. The van der Waals surface area contributed by atoms with Crippen molar-refractivity contribution in [3.05, 3.63) is 71.8 Å². The van der Waals surface area contributed by atoms with Crippen molar-refractivity contribution in [2.45, 2.75) is 172 Å². The largest absolute Gasteiger partial charge is 0.459 e. The minimum Gasteiger partial charge on any atom is -0.459 e. The second kappa shape index (κ2) is 28.8. The van der Waals surface area contributed by atoms with E-state index in [2.05, 4.69) is 66.4 Å². The zero-order chi connectivity index (χ0) is 47.9. The molecule has 0 aliphatic rings. The van der Waals surface area contributed by atoms with Gasteiger partial charge in [-0.05, 0) is 77.7 Å². The van der Waals surface area contributed by atoms with Crippen LogP contribution in [0, 0.1) is 40.9 Å². The minimum absolute atomic E-state index is 0.0432. The summed E-state index contributed by atoms with van der Waals surface area (Å²) in [5, 5.41) is 14.4. The fourth-order valence-corrected chi connectivity index (χ4v) is 7.70. The van der Waals surface area contributed by atoms with Gasteiger partial charge < -0.3 is 31.3 Å². The van der Waals surface area contributed by atoms with E-state index >= 15 is 0 Å². The molecule has 12 heteroatoms. The fraction of sp³-hybridized carbons (Fsp3) is 0.647. The van der Waals surface area contributed by atoms with Gasteiger partial charge >= 0.3 is 5.97 Å². The fourth-order valence-electron chi connectivity index (χ4n) is 7.70. The number of nitrogens with one attached hydrogen (secondary N) is 5. The normalized spacial score (nSPS) is 14.4. The van der Waals surface area contributed by atoms with E-state index < -0.39 is 30.1 Å². The highest BCUT2D eigenvalue weighted by atomic mass is 16.5. The van der Waals surface area contributed by atoms with Gasteiger partial charge in [0.1, 0.15) is 30.8 Å². The van der Waals surface area contributed by atoms with Gasteiger partial charge in [-0.1, -0.05) is 164 Å². The van der Waals surface area contributed by atoms with E-state index in [1.54, 1.807) is 0 Å². The zero-order valence-electron chi connectivity index (χ0n) is 41.0. The summed E-state index contributed by atoms with van der Waals surface area (Å²) in [7, 11) is 0. The first kappa shape index (κ1) is 56.3. The zero-order valence-corrected chi connectivity index (χ0v) is 41.0. The third-order valence-electron chi connectivity index (χ3n) is 10.8. The average Bonchev–Trinajstić information content (AvgIpc) is 3.18. The molecule has 0 fully saturated rings. The van der Waals surface area contributed by atoms with Crippen molar-refractivity contribution >= 4 is 36.0 Å². The predicted octanol–water partition coefficient (Wildman–Crippen LogP) is 7.93. The number of amides is 5. The number of carbonyl (C=O) groups excluding carboxylic acids is 6. The molecule has 354 valence electrons. The van der Waals surface area contributed by atoms with Crippen LogP contribution < -0.4 is 26.6 Å². The summed E-state index contributed by atoms with van der Waals surface area (Å²) in [6.45, 7) is 28.5. The Bertz CT molecular complexity index is 1660. The van der Waals surface area contributed by atoms with E-state index in [1.807, 2.05) is 118 Å². The molecule has 2 rings (SSSR count). The van der Waals surface area contributed by atoms with Crippen molar-refractivity contribution in [1.29, 1.82) is 0 Å². The molecule has 2 aromatic carbocycles. The lowest BCUT2D eigenvalue weighted by Crippen LogP contribution is -2.57. The van der Waals surface area contributed by atoms with Crippen LogP contribution in [0.2, 0.25) is 0 Å². The lowest BCUT2D eigenvalue weighted by Gasteiger charge is -2.33. The highest BCUT2D eigenvalue weighted by Crippen LogP contribution is 2.31. The van der Waals surface area contributed by atoms with Gasteiger partial charge in [0.05, 0.1) is 0 Å². The van der Waals surface area contributed by atoms with E-state index in [-0.39, 0.29) is 71.3 Å². The third-order valence-corrected chi connectivity index (χ3v) is 10.8. The summed E-state index contributed by atoms with van der Waals surface area (Å²) in [6.07, 6.45) is 4.75. The van der Waals surface area contributed by atoms with Crippen LogP contribution in [0.25, 0.3) is 0 Å². The predicted molar refractivity (Wildman–Crippen MR) is 253 cm³/mol. The van der Waals surface area contributed by atoms with Gasteiger partial charge in [-0.25, -0.2) is 4.79 Å². The topological polar surface area (TPSA) is 172 Å².